The predicted octanol–water partition coefficient (Wildman–Crippen LogP) is 5.15. The standard InChI is InChI=1S/C39H66N4O6S2/c1-7-8-9-10-11-12-13-14-15-16-17-18-19-20-21-22-23-24-25-26-35(47)40-27-28-50-51-39(2,3)37(38(49)41-33(31-44)32-45)42-36(48)29-34(46)30-43(4,5)6/h8-9,11-12,14-15,17-18,20-21,23-24,33-34,37,44-46H,7,10,13,16,19,22,25-32H2,1-6H3,(H2-,40,41,42,47,48,49)/p+1/b9-8-,12-11-,15-14-,18-17-,21-20-,24-23-. The number of carbonyl (C=O) groups is 3. The topological polar surface area (TPSA) is 148 Å². The number of hydrogen-bond donors (Lipinski definition) is 6. The van der Waals surface area contributed by atoms with Crippen molar-refractivity contribution in [3.05, 3.63) is 72.9 Å². The predicted molar refractivity (Wildman–Crippen MR) is 216 cm³/mol. The molecule has 0 aliphatic rings. The zero-order chi connectivity index (χ0) is 38.4. The fourth-order valence-corrected chi connectivity index (χ4v) is 7.07. The third-order valence-electron chi connectivity index (χ3n) is 7.15. The molecule has 0 aromatic heterocycles. The number of nitrogens with zero attached hydrogens (tertiary/aromatic N) is 1. The first kappa shape index (κ1) is 48.4. The molecule has 2 unspecified atom stereocenters. The summed E-state index contributed by atoms with van der Waals surface area (Å²) in [4.78, 5) is 38.2. The molecular weight excluding hydrogens is 685 g/mol. The van der Waals surface area contributed by atoms with Crippen LogP contribution < -0.4 is 16.0 Å². The zero-order valence-electron chi connectivity index (χ0n) is 31.9. The molecule has 12 heteroatoms. The Kier molecular flexibility index (Phi) is 28.4. The van der Waals surface area contributed by atoms with Crippen LogP contribution in [0.5, 0.6) is 0 Å². The summed E-state index contributed by atoms with van der Waals surface area (Å²) in [5.41, 5.74) is 0. The van der Waals surface area contributed by atoms with Crippen LogP contribution >= 0.6 is 21.6 Å². The third-order valence-corrected chi connectivity index (χ3v) is 10.4. The number of rotatable bonds is 29. The minimum absolute atomic E-state index is 0.0320. The fourth-order valence-electron chi connectivity index (χ4n) is 4.54. The van der Waals surface area contributed by atoms with Crippen molar-refractivity contribution in [3.63, 3.8) is 0 Å². The number of carbonyl (C=O) groups excluding carboxylic acids is 3. The molecule has 0 saturated heterocycles. The molecule has 0 radical (unpaired) electrons. The van der Waals surface area contributed by atoms with Gasteiger partial charge in [0.2, 0.25) is 17.7 Å². The van der Waals surface area contributed by atoms with Crippen molar-refractivity contribution >= 4 is 39.3 Å². The second-order valence-electron chi connectivity index (χ2n) is 13.7. The van der Waals surface area contributed by atoms with Crippen LogP contribution in [0.2, 0.25) is 0 Å². The van der Waals surface area contributed by atoms with Crippen LogP contribution in [0.25, 0.3) is 0 Å². The highest BCUT2D eigenvalue weighted by atomic mass is 33.1. The SMILES string of the molecule is CC/C=C\C/C=C\C/C=C\C/C=C\C/C=C\C/C=C\CCC(=O)NCCSSC(C)(C)C(NC(=O)CC(O)C[N+](C)(C)C)C(=O)NC(CO)CO. The quantitative estimate of drug-likeness (QED) is 0.0266. The van der Waals surface area contributed by atoms with Crippen LogP contribution in [0.4, 0.5) is 0 Å². The molecular formula is C39H67N4O6S2+. The van der Waals surface area contributed by atoms with E-state index in [9.17, 15) is 29.7 Å². The van der Waals surface area contributed by atoms with E-state index in [1.165, 1.54) is 21.6 Å². The highest BCUT2D eigenvalue weighted by molar-refractivity contribution is 8.77. The molecule has 0 rings (SSSR count). The van der Waals surface area contributed by atoms with Crippen molar-refractivity contribution in [3.8, 4) is 0 Å². The van der Waals surface area contributed by atoms with Crippen molar-refractivity contribution in [2.75, 3.05) is 53.2 Å². The molecule has 10 nitrogen and oxygen atoms in total. The molecule has 0 aromatic rings. The molecule has 0 aromatic carbocycles. The molecule has 6 N–H and O–H groups in total. The Bertz CT molecular complexity index is 1140. The maximum absolute atomic E-state index is 13.1. The molecule has 51 heavy (non-hydrogen) atoms. The number of likely N-dealkylation sites (N-methyl/N-ethyl adjacent to an activating group) is 1. The van der Waals surface area contributed by atoms with E-state index in [2.05, 4.69) is 89.7 Å². The third kappa shape index (κ3) is 28.6. The molecule has 0 bridgehead atoms. The molecule has 0 fully saturated rings. The monoisotopic (exact) mass is 751 g/mol. The number of hydrogen-bond acceptors (Lipinski definition) is 8. The average Bonchev–Trinajstić information content (AvgIpc) is 3.05. The number of nitrogens with one attached hydrogen (secondary N) is 3. The van der Waals surface area contributed by atoms with Gasteiger partial charge in [-0.15, -0.1) is 0 Å². The summed E-state index contributed by atoms with van der Waals surface area (Å²) in [5, 5.41) is 37.5. The van der Waals surface area contributed by atoms with Gasteiger partial charge in [-0.25, -0.2) is 0 Å². The summed E-state index contributed by atoms with van der Waals surface area (Å²) in [6, 6.07) is -1.87. The lowest BCUT2D eigenvalue weighted by Crippen LogP contribution is -2.59. The van der Waals surface area contributed by atoms with Crippen LogP contribution in [-0.4, -0.2) is 114 Å². The Morgan fingerprint density at radius 3 is 1.71 bits per heavy atom. The Morgan fingerprint density at radius 2 is 1.24 bits per heavy atom. The zero-order valence-corrected chi connectivity index (χ0v) is 33.5. The molecule has 0 spiro atoms. The summed E-state index contributed by atoms with van der Waals surface area (Å²) in [5.74, 6) is -0.465. The summed E-state index contributed by atoms with van der Waals surface area (Å²) < 4.78 is -0.324. The van der Waals surface area contributed by atoms with E-state index in [-0.39, 0.29) is 12.3 Å². The molecule has 0 aliphatic carbocycles. The van der Waals surface area contributed by atoms with E-state index in [0.29, 0.717) is 36.2 Å². The van der Waals surface area contributed by atoms with E-state index in [4.69, 9.17) is 0 Å². The summed E-state index contributed by atoms with van der Waals surface area (Å²) in [7, 11) is 8.59. The molecule has 2 atom stereocenters. The van der Waals surface area contributed by atoms with Gasteiger partial charge in [0.15, 0.2) is 0 Å². The van der Waals surface area contributed by atoms with Crippen LogP contribution in [0.3, 0.4) is 0 Å². The van der Waals surface area contributed by atoms with Gasteiger partial charge >= 0.3 is 0 Å². The molecule has 0 heterocycles. The number of aliphatic hydroxyl groups is 3. The van der Waals surface area contributed by atoms with Crippen molar-refractivity contribution in [2.24, 2.45) is 0 Å². The Morgan fingerprint density at radius 1 is 0.745 bits per heavy atom. The second kappa shape index (κ2) is 29.9. The minimum atomic E-state index is -1.00. The second-order valence-corrected chi connectivity index (χ2v) is 16.8. The number of amides is 3. The maximum atomic E-state index is 13.1. The highest BCUT2D eigenvalue weighted by Gasteiger charge is 2.38. The largest absolute Gasteiger partial charge is 0.394 e. The van der Waals surface area contributed by atoms with Crippen LogP contribution in [0.1, 0.15) is 78.6 Å². The summed E-state index contributed by atoms with van der Waals surface area (Å²) in [6.07, 6.45) is 31.6. The first-order valence-corrected chi connectivity index (χ1v) is 20.3. The lowest BCUT2D eigenvalue weighted by Gasteiger charge is -2.34. The molecule has 3 amide bonds. The average molecular weight is 752 g/mol. The lowest BCUT2D eigenvalue weighted by atomic mass is 10.0. The van der Waals surface area contributed by atoms with Gasteiger partial charge in [0, 0.05) is 23.5 Å². The number of quaternary nitrogens is 1. The van der Waals surface area contributed by atoms with Gasteiger partial charge in [0.05, 0.1) is 46.8 Å². The van der Waals surface area contributed by atoms with E-state index in [1.807, 2.05) is 41.1 Å². The van der Waals surface area contributed by atoms with Gasteiger partial charge in [-0.05, 0) is 58.8 Å². The van der Waals surface area contributed by atoms with Gasteiger partial charge in [0.25, 0.3) is 0 Å². The lowest BCUT2D eigenvalue weighted by molar-refractivity contribution is -0.873. The first-order chi connectivity index (χ1) is 24.3. The van der Waals surface area contributed by atoms with Crippen molar-refractivity contribution < 1.29 is 34.2 Å². The van der Waals surface area contributed by atoms with Crippen LogP contribution in [0, 0.1) is 0 Å². The molecule has 290 valence electrons. The summed E-state index contributed by atoms with van der Waals surface area (Å²) in [6.45, 7) is 5.68. The van der Waals surface area contributed by atoms with E-state index in [0.717, 1.165) is 38.5 Å². The van der Waals surface area contributed by atoms with E-state index >= 15 is 0 Å². The van der Waals surface area contributed by atoms with Gasteiger partial charge in [0.1, 0.15) is 18.7 Å². The van der Waals surface area contributed by atoms with Crippen LogP contribution in [-0.2, 0) is 14.4 Å². The minimum Gasteiger partial charge on any atom is -0.394 e. The van der Waals surface area contributed by atoms with Gasteiger partial charge in [-0.3, -0.25) is 14.4 Å². The van der Waals surface area contributed by atoms with Crippen LogP contribution in [0.15, 0.2) is 72.9 Å². The number of aliphatic hydroxyl groups excluding tert-OH is 3. The summed E-state index contributed by atoms with van der Waals surface area (Å²) >= 11 is 0. The van der Waals surface area contributed by atoms with Gasteiger partial charge in [-0.1, -0.05) is 101 Å². The molecule has 0 saturated carbocycles. The number of allylic oxidation sites excluding steroid dienone is 12. The fraction of sp³-hybridized carbons (Fsp3) is 0.615. The molecule has 0 aliphatic heterocycles. The van der Waals surface area contributed by atoms with Crippen molar-refractivity contribution in [1.29, 1.82) is 0 Å². The Hall–Kier alpha value is -2.61. The Labute approximate surface area is 316 Å². The van der Waals surface area contributed by atoms with Gasteiger partial charge < -0.3 is 35.8 Å². The van der Waals surface area contributed by atoms with Crippen molar-refractivity contribution in [1.82, 2.24) is 16.0 Å². The van der Waals surface area contributed by atoms with Gasteiger partial charge in [-0.2, -0.15) is 0 Å². The normalized spacial score (nSPS) is 14.2. The van der Waals surface area contributed by atoms with E-state index < -0.39 is 48.0 Å². The van der Waals surface area contributed by atoms with E-state index in [1.54, 1.807) is 0 Å². The Balaban J connectivity index is 4.46. The maximum Gasteiger partial charge on any atom is 0.244 e. The first-order valence-electron chi connectivity index (χ1n) is 18.0. The van der Waals surface area contributed by atoms with Crippen molar-refractivity contribution in [2.45, 2.75) is 101 Å². The smallest absolute Gasteiger partial charge is 0.244 e. The highest BCUT2D eigenvalue weighted by Crippen LogP contribution is 2.38.